The summed E-state index contributed by atoms with van der Waals surface area (Å²) >= 11 is 0. The van der Waals surface area contributed by atoms with Gasteiger partial charge in [-0.2, -0.15) is 0 Å². The SMILES string of the molecule is COC(C)CN1Cc2ccccc2C1=N. The van der Waals surface area contributed by atoms with Crippen LogP contribution in [0, 0.1) is 5.41 Å². The highest BCUT2D eigenvalue weighted by atomic mass is 16.5. The lowest BCUT2D eigenvalue weighted by molar-refractivity contribution is 0.0964. The molecule has 1 atom stereocenters. The standard InChI is InChI=1S/C12H16N2O/c1-9(15-2)7-14-8-10-5-3-4-6-11(10)12(14)13/h3-6,9,13H,7-8H2,1-2H3. The average Bonchev–Trinajstić information content (AvgIpc) is 2.57. The predicted molar refractivity (Wildman–Crippen MR) is 60.2 cm³/mol. The molecule has 1 N–H and O–H groups in total. The number of fused-ring (bicyclic) bond motifs is 1. The number of rotatable bonds is 3. The number of nitrogens with zero attached hydrogens (tertiary/aromatic N) is 1. The lowest BCUT2D eigenvalue weighted by Gasteiger charge is -2.21. The molecule has 0 saturated carbocycles. The van der Waals surface area contributed by atoms with Crippen molar-refractivity contribution in [2.45, 2.75) is 19.6 Å². The zero-order valence-electron chi connectivity index (χ0n) is 9.16. The molecule has 0 spiro atoms. The highest BCUT2D eigenvalue weighted by Crippen LogP contribution is 2.22. The predicted octanol–water partition coefficient (Wildman–Crippen LogP) is 1.86. The third kappa shape index (κ3) is 1.88. The minimum Gasteiger partial charge on any atom is -0.380 e. The quantitative estimate of drug-likeness (QED) is 0.815. The van der Waals surface area contributed by atoms with E-state index >= 15 is 0 Å². The van der Waals surface area contributed by atoms with Crippen LogP contribution in [0.25, 0.3) is 0 Å². The van der Waals surface area contributed by atoms with Crippen molar-refractivity contribution in [2.75, 3.05) is 13.7 Å². The molecule has 15 heavy (non-hydrogen) atoms. The topological polar surface area (TPSA) is 36.3 Å². The fourth-order valence-corrected chi connectivity index (χ4v) is 1.88. The second-order valence-corrected chi connectivity index (χ2v) is 3.93. The van der Waals surface area contributed by atoms with Gasteiger partial charge in [-0.25, -0.2) is 0 Å². The molecule has 80 valence electrons. The van der Waals surface area contributed by atoms with Crippen molar-refractivity contribution in [1.82, 2.24) is 4.90 Å². The van der Waals surface area contributed by atoms with Crippen LogP contribution < -0.4 is 0 Å². The molecule has 0 fully saturated rings. The van der Waals surface area contributed by atoms with Crippen molar-refractivity contribution in [3.63, 3.8) is 0 Å². The van der Waals surface area contributed by atoms with Gasteiger partial charge in [0.25, 0.3) is 0 Å². The lowest BCUT2D eigenvalue weighted by Crippen LogP contribution is -2.32. The molecule has 0 saturated heterocycles. The molecule has 1 aliphatic rings. The molecule has 3 nitrogen and oxygen atoms in total. The van der Waals surface area contributed by atoms with Crippen LogP contribution in [0.5, 0.6) is 0 Å². The summed E-state index contributed by atoms with van der Waals surface area (Å²) in [5.74, 6) is 0.620. The van der Waals surface area contributed by atoms with Gasteiger partial charge >= 0.3 is 0 Å². The molecule has 0 amide bonds. The summed E-state index contributed by atoms with van der Waals surface area (Å²) in [6.07, 6.45) is 0.166. The summed E-state index contributed by atoms with van der Waals surface area (Å²) in [6.45, 7) is 3.64. The van der Waals surface area contributed by atoms with Gasteiger partial charge in [0.15, 0.2) is 0 Å². The maximum atomic E-state index is 8.03. The Morgan fingerprint density at radius 2 is 2.20 bits per heavy atom. The fourth-order valence-electron chi connectivity index (χ4n) is 1.88. The van der Waals surface area contributed by atoms with Gasteiger partial charge in [0.05, 0.1) is 6.10 Å². The van der Waals surface area contributed by atoms with Gasteiger partial charge in [0.2, 0.25) is 0 Å². The summed E-state index contributed by atoms with van der Waals surface area (Å²) in [7, 11) is 1.71. The third-order valence-corrected chi connectivity index (χ3v) is 2.83. The van der Waals surface area contributed by atoms with Crippen LogP contribution in [0.3, 0.4) is 0 Å². The molecule has 0 aromatic heterocycles. The van der Waals surface area contributed by atoms with Crippen LogP contribution in [0.15, 0.2) is 24.3 Å². The smallest absolute Gasteiger partial charge is 0.128 e. The van der Waals surface area contributed by atoms with Crippen molar-refractivity contribution >= 4 is 5.84 Å². The highest BCUT2D eigenvalue weighted by Gasteiger charge is 2.24. The second-order valence-electron chi connectivity index (χ2n) is 3.93. The minimum atomic E-state index is 0.166. The summed E-state index contributed by atoms with van der Waals surface area (Å²) < 4.78 is 5.22. The molecule has 2 rings (SSSR count). The van der Waals surface area contributed by atoms with E-state index in [-0.39, 0.29) is 6.10 Å². The van der Waals surface area contributed by atoms with Crippen molar-refractivity contribution in [1.29, 1.82) is 5.41 Å². The zero-order valence-corrected chi connectivity index (χ0v) is 9.16. The molecule has 1 heterocycles. The van der Waals surface area contributed by atoms with Crippen LogP contribution in [-0.2, 0) is 11.3 Å². The van der Waals surface area contributed by atoms with E-state index < -0.39 is 0 Å². The van der Waals surface area contributed by atoms with Gasteiger partial charge in [-0.3, -0.25) is 5.41 Å². The number of methoxy groups -OCH3 is 1. The van der Waals surface area contributed by atoms with E-state index in [0.29, 0.717) is 5.84 Å². The van der Waals surface area contributed by atoms with E-state index in [1.165, 1.54) is 5.56 Å². The number of amidine groups is 1. The van der Waals surface area contributed by atoms with Gasteiger partial charge in [0.1, 0.15) is 5.84 Å². The first-order valence-corrected chi connectivity index (χ1v) is 5.17. The van der Waals surface area contributed by atoms with Crippen LogP contribution in [0.2, 0.25) is 0 Å². The van der Waals surface area contributed by atoms with Crippen molar-refractivity contribution in [3.8, 4) is 0 Å². The highest BCUT2D eigenvalue weighted by molar-refractivity contribution is 6.00. The average molecular weight is 204 g/mol. The normalized spacial score (nSPS) is 16.7. The number of hydrogen-bond acceptors (Lipinski definition) is 2. The molecular weight excluding hydrogens is 188 g/mol. The first-order chi connectivity index (χ1) is 7.22. The Morgan fingerprint density at radius 1 is 1.47 bits per heavy atom. The second kappa shape index (κ2) is 4.03. The van der Waals surface area contributed by atoms with Crippen LogP contribution >= 0.6 is 0 Å². The molecule has 1 aromatic carbocycles. The van der Waals surface area contributed by atoms with Crippen LogP contribution in [0.4, 0.5) is 0 Å². The molecule has 0 radical (unpaired) electrons. The van der Waals surface area contributed by atoms with E-state index in [1.54, 1.807) is 7.11 Å². The molecule has 3 heteroatoms. The number of benzene rings is 1. The van der Waals surface area contributed by atoms with Crippen molar-refractivity contribution in [3.05, 3.63) is 35.4 Å². The Labute approximate surface area is 90.2 Å². The number of hydrogen-bond donors (Lipinski definition) is 1. The van der Waals surface area contributed by atoms with Gasteiger partial charge in [-0.05, 0) is 12.5 Å². The third-order valence-electron chi connectivity index (χ3n) is 2.83. The van der Waals surface area contributed by atoms with Crippen molar-refractivity contribution in [2.24, 2.45) is 0 Å². The largest absolute Gasteiger partial charge is 0.380 e. The van der Waals surface area contributed by atoms with Crippen LogP contribution in [-0.4, -0.2) is 30.5 Å². The monoisotopic (exact) mass is 204 g/mol. The zero-order chi connectivity index (χ0) is 10.8. The van der Waals surface area contributed by atoms with Gasteiger partial charge in [0, 0.05) is 25.8 Å². The van der Waals surface area contributed by atoms with E-state index in [1.807, 2.05) is 25.1 Å². The van der Waals surface area contributed by atoms with E-state index in [4.69, 9.17) is 10.1 Å². The molecule has 0 aliphatic carbocycles. The van der Waals surface area contributed by atoms with E-state index in [9.17, 15) is 0 Å². The van der Waals surface area contributed by atoms with Gasteiger partial charge in [-0.15, -0.1) is 0 Å². The van der Waals surface area contributed by atoms with E-state index in [2.05, 4.69) is 11.0 Å². The lowest BCUT2D eigenvalue weighted by atomic mass is 10.1. The maximum Gasteiger partial charge on any atom is 0.128 e. The molecule has 1 aliphatic heterocycles. The summed E-state index contributed by atoms with van der Waals surface area (Å²) in [5, 5.41) is 8.03. The van der Waals surface area contributed by atoms with E-state index in [0.717, 1.165) is 18.7 Å². The van der Waals surface area contributed by atoms with Crippen LogP contribution in [0.1, 0.15) is 18.1 Å². The van der Waals surface area contributed by atoms with Crippen molar-refractivity contribution < 1.29 is 4.74 Å². The first-order valence-electron chi connectivity index (χ1n) is 5.17. The Balaban J connectivity index is 2.13. The Hall–Kier alpha value is -1.35. The molecule has 1 aromatic rings. The summed E-state index contributed by atoms with van der Waals surface area (Å²) in [5.41, 5.74) is 2.30. The minimum absolute atomic E-state index is 0.166. The molecule has 1 unspecified atom stereocenters. The Morgan fingerprint density at radius 3 is 2.87 bits per heavy atom. The summed E-state index contributed by atoms with van der Waals surface area (Å²) in [6, 6.07) is 8.10. The Kier molecular flexibility index (Phi) is 2.73. The fraction of sp³-hybridized carbons (Fsp3) is 0.417. The molecule has 0 bridgehead atoms. The van der Waals surface area contributed by atoms with Gasteiger partial charge < -0.3 is 9.64 Å². The number of nitrogens with one attached hydrogen (secondary N) is 1. The Bertz CT molecular complexity index is 376. The maximum absolute atomic E-state index is 8.03. The summed E-state index contributed by atoms with van der Waals surface area (Å²) in [4.78, 5) is 2.05. The molecular formula is C12H16N2O. The number of ether oxygens (including phenoxy) is 1. The van der Waals surface area contributed by atoms with Gasteiger partial charge in [-0.1, -0.05) is 24.3 Å². The first kappa shape index (κ1) is 10.2.